The molecule has 1 heterocycles. The topological polar surface area (TPSA) is 38.0 Å². The molecule has 0 radical (unpaired) electrons. The zero-order valence-electron chi connectivity index (χ0n) is 9.99. The summed E-state index contributed by atoms with van der Waals surface area (Å²) in [5.41, 5.74) is 8.11. The molecule has 0 aliphatic carbocycles. The number of benzene rings is 2. The first-order valence-electron chi connectivity index (χ1n) is 6.04. The van der Waals surface area contributed by atoms with Crippen LogP contribution in [0.15, 0.2) is 48.5 Å². The second kappa shape index (κ2) is 4.19. The molecule has 0 bridgehead atoms. The summed E-state index contributed by atoms with van der Waals surface area (Å²) in [7, 11) is 0. The van der Waals surface area contributed by atoms with Gasteiger partial charge in [0, 0.05) is 18.7 Å². The molecule has 1 fully saturated rings. The van der Waals surface area contributed by atoms with Crippen molar-refractivity contribution in [2.24, 2.45) is 5.73 Å². The van der Waals surface area contributed by atoms with E-state index in [1.54, 1.807) is 6.07 Å². The first kappa shape index (κ1) is 11.4. The average Bonchev–Trinajstić information content (AvgIpc) is 2.37. The first-order valence-corrected chi connectivity index (χ1v) is 6.04. The molecule has 1 aliphatic heterocycles. The summed E-state index contributed by atoms with van der Waals surface area (Å²) < 4.78 is 14.2. The second-order valence-electron chi connectivity index (χ2n) is 4.82. The van der Waals surface area contributed by atoms with Crippen LogP contribution in [0, 0.1) is 5.82 Å². The Morgan fingerprint density at radius 2 is 1.78 bits per heavy atom. The van der Waals surface area contributed by atoms with Gasteiger partial charge in [0.15, 0.2) is 0 Å². The van der Waals surface area contributed by atoms with Gasteiger partial charge < -0.3 is 11.1 Å². The molecule has 2 aromatic rings. The van der Waals surface area contributed by atoms with Crippen LogP contribution >= 0.6 is 0 Å². The maximum Gasteiger partial charge on any atom is 0.131 e. The maximum absolute atomic E-state index is 14.2. The lowest BCUT2D eigenvalue weighted by molar-refractivity contribution is 0.286. The minimum atomic E-state index is -0.407. The monoisotopic (exact) mass is 242 g/mol. The molecule has 3 N–H and O–H groups in total. The average molecular weight is 242 g/mol. The standard InChI is InChI=1S/C15H15FN2/c16-14-8-12(15(17)9-18-10-15)6-7-13(14)11-4-2-1-3-5-11/h1-8,18H,9-10,17H2. The number of rotatable bonds is 2. The van der Waals surface area contributed by atoms with Crippen molar-refractivity contribution < 1.29 is 4.39 Å². The minimum Gasteiger partial charge on any atom is -0.319 e. The van der Waals surface area contributed by atoms with E-state index in [0.29, 0.717) is 18.7 Å². The van der Waals surface area contributed by atoms with E-state index in [-0.39, 0.29) is 5.82 Å². The van der Waals surface area contributed by atoms with Crippen molar-refractivity contribution in [3.8, 4) is 11.1 Å². The second-order valence-corrected chi connectivity index (χ2v) is 4.82. The fraction of sp³-hybridized carbons (Fsp3) is 0.200. The van der Waals surface area contributed by atoms with Gasteiger partial charge in [0.25, 0.3) is 0 Å². The van der Waals surface area contributed by atoms with E-state index in [0.717, 1.165) is 11.1 Å². The van der Waals surface area contributed by atoms with E-state index in [9.17, 15) is 4.39 Å². The molecule has 18 heavy (non-hydrogen) atoms. The minimum absolute atomic E-state index is 0.213. The summed E-state index contributed by atoms with van der Waals surface area (Å²) >= 11 is 0. The molecule has 2 aromatic carbocycles. The van der Waals surface area contributed by atoms with E-state index in [1.807, 2.05) is 42.5 Å². The van der Waals surface area contributed by atoms with Gasteiger partial charge in [-0.15, -0.1) is 0 Å². The highest BCUT2D eigenvalue weighted by atomic mass is 19.1. The molecule has 0 unspecified atom stereocenters. The van der Waals surface area contributed by atoms with E-state index in [1.165, 1.54) is 0 Å². The molecule has 0 atom stereocenters. The van der Waals surface area contributed by atoms with Crippen LogP contribution < -0.4 is 11.1 Å². The van der Waals surface area contributed by atoms with E-state index in [4.69, 9.17) is 5.73 Å². The van der Waals surface area contributed by atoms with Crippen LogP contribution in [0.25, 0.3) is 11.1 Å². The third kappa shape index (κ3) is 1.82. The summed E-state index contributed by atoms with van der Waals surface area (Å²) in [5, 5.41) is 3.12. The third-order valence-corrected chi connectivity index (χ3v) is 3.51. The summed E-state index contributed by atoms with van der Waals surface area (Å²) in [4.78, 5) is 0. The fourth-order valence-corrected chi connectivity index (χ4v) is 2.28. The zero-order chi connectivity index (χ0) is 12.6. The van der Waals surface area contributed by atoms with Crippen molar-refractivity contribution in [2.75, 3.05) is 13.1 Å². The molecule has 3 rings (SSSR count). The van der Waals surface area contributed by atoms with Gasteiger partial charge in [0.1, 0.15) is 5.82 Å². The molecule has 1 aliphatic rings. The lowest BCUT2D eigenvalue weighted by Gasteiger charge is -2.39. The SMILES string of the molecule is NC1(c2ccc(-c3ccccc3)c(F)c2)CNC1. The van der Waals surface area contributed by atoms with Crippen LogP contribution in [0.4, 0.5) is 4.39 Å². The fourth-order valence-electron chi connectivity index (χ4n) is 2.28. The van der Waals surface area contributed by atoms with E-state index >= 15 is 0 Å². The summed E-state index contributed by atoms with van der Waals surface area (Å²) in [5.74, 6) is -0.213. The van der Waals surface area contributed by atoms with Gasteiger partial charge in [-0.05, 0) is 17.2 Å². The molecule has 3 heteroatoms. The lowest BCUT2D eigenvalue weighted by atomic mass is 9.84. The van der Waals surface area contributed by atoms with Gasteiger partial charge in [-0.25, -0.2) is 4.39 Å². The maximum atomic E-state index is 14.2. The molecule has 1 saturated heterocycles. The Labute approximate surface area is 106 Å². The predicted molar refractivity (Wildman–Crippen MR) is 70.6 cm³/mol. The summed E-state index contributed by atoms with van der Waals surface area (Å²) in [6.07, 6.45) is 0. The predicted octanol–water partition coefficient (Wildman–Crippen LogP) is 2.25. The Hall–Kier alpha value is -1.71. The smallest absolute Gasteiger partial charge is 0.131 e. The number of hydrogen-bond acceptors (Lipinski definition) is 2. The normalized spacial score (nSPS) is 17.2. The van der Waals surface area contributed by atoms with Gasteiger partial charge in [0.05, 0.1) is 5.54 Å². The number of nitrogens with two attached hydrogens (primary N) is 1. The van der Waals surface area contributed by atoms with Gasteiger partial charge in [0.2, 0.25) is 0 Å². The quantitative estimate of drug-likeness (QED) is 0.847. The van der Waals surface area contributed by atoms with Crippen LogP contribution in [0.3, 0.4) is 0 Å². The molecule has 0 saturated carbocycles. The van der Waals surface area contributed by atoms with Crippen LogP contribution in [-0.4, -0.2) is 13.1 Å². The molecule has 0 aromatic heterocycles. The Balaban J connectivity index is 2.00. The Kier molecular flexibility index (Phi) is 2.65. The molecule has 0 amide bonds. The van der Waals surface area contributed by atoms with Gasteiger partial charge in [-0.3, -0.25) is 0 Å². The van der Waals surface area contributed by atoms with Crippen LogP contribution in [0.1, 0.15) is 5.56 Å². The van der Waals surface area contributed by atoms with Crippen molar-refractivity contribution in [3.63, 3.8) is 0 Å². The van der Waals surface area contributed by atoms with Crippen LogP contribution in [-0.2, 0) is 5.54 Å². The van der Waals surface area contributed by atoms with E-state index in [2.05, 4.69) is 5.32 Å². The first-order chi connectivity index (χ1) is 8.69. The zero-order valence-corrected chi connectivity index (χ0v) is 9.99. The number of halogens is 1. The number of nitrogens with one attached hydrogen (secondary N) is 1. The Morgan fingerprint density at radius 1 is 1.06 bits per heavy atom. The molecule has 0 spiro atoms. The van der Waals surface area contributed by atoms with Crippen LogP contribution in [0.2, 0.25) is 0 Å². The van der Waals surface area contributed by atoms with Crippen molar-refractivity contribution in [1.29, 1.82) is 0 Å². The molecular weight excluding hydrogens is 227 g/mol. The highest BCUT2D eigenvalue weighted by Crippen LogP contribution is 2.28. The van der Waals surface area contributed by atoms with Crippen molar-refractivity contribution in [1.82, 2.24) is 5.32 Å². The van der Waals surface area contributed by atoms with Crippen molar-refractivity contribution >= 4 is 0 Å². The highest BCUT2D eigenvalue weighted by Gasteiger charge is 2.34. The highest BCUT2D eigenvalue weighted by molar-refractivity contribution is 5.64. The molecular formula is C15H15FN2. The molecule has 92 valence electrons. The Bertz CT molecular complexity index is 562. The van der Waals surface area contributed by atoms with Crippen LogP contribution in [0.5, 0.6) is 0 Å². The van der Waals surface area contributed by atoms with E-state index < -0.39 is 5.54 Å². The van der Waals surface area contributed by atoms with Gasteiger partial charge in [-0.2, -0.15) is 0 Å². The number of hydrogen-bond donors (Lipinski definition) is 2. The summed E-state index contributed by atoms with van der Waals surface area (Å²) in [6.45, 7) is 1.41. The largest absolute Gasteiger partial charge is 0.319 e. The van der Waals surface area contributed by atoms with Gasteiger partial charge >= 0.3 is 0 Å². The summed E-state index contributed by atoms with van der Waals surface area (Å²) in [6, 6.07) is 14.8. The Morgan fingerprint density at radius 3 is 2.33 bits per heavy atom. The van der Waals surface area contributed by atoms with Crippen molar-refractivity contribution in [3.05, 3.63) is 59.9 Å². The molecule has 2 nitrogen and oxygen atoms in total. The van der Waals surface area contributed by atoms with Crippen molar-refractivity contribution in [2.45, 2.75) is 5.54 Å². The third-order valence-electron chi connectivity index (χ3n) is 3.51. The lowest BCUT2D eigenvalue weighted by Crippen LogP contribution is -2.62. The van der Waals surface area contributed by atoms with Gasteiger partial charge in [-0.1, -0.05) is 42.5 Å².